The van der Waals surface area contributed by atoms with Gasteiger partial charge in [0.1, 0.15) is 12.4 Å². The average molecular weight is 535 g/mol. The quantitative estimate of drug-likeness (QED) is 0.207. The summed E-state index contributed by atoms with van der Waals surface area (Å²) >= 11 is 0. The van der Waals surface area contributed by atoms with E-state index in [-0.39, 0.29) is 11.3 Å². The largest absolute Gasteiger partial charge is 0.508 e. The van der Waals surface area contributed by atoms with E-state index in [1.54, 1.807) is 52.5 Å². The number of aromatic hydroxyl groups is 1. The lowest BCUT2D eigenvalue weighted by molar-refractivity contribution is -0.109. The molecule has 1 aromatic heterocycles. The van der Waals surface area contributed by atoms with Crippen LogP contribution in [0.4, 0.5) is 0 Å². The number of carboxylic acid groups (broad SMARTS) is 1. The number of carboxylic acids is 1. The zero-order valence-electron chi connectivity index (χ0n) is 22.5. The van der Waals surface area contributed by atoms with Gasteiger partial charge in [-0.05, 0) is 66.9 Å². The third kappa shape index (κ3) is 9.98. The summed E-state index contributed by atoms with van der Waals surface area (Å²) in [6.45, 7) is 2.72. The topological polar surface area (TPSA) is 127 Å². The molecule has 0 bridgehead atoms. The number of rotatable bonds is 9. The Kier molecular flexibility index (Phi) is 12.8. The van der Waals surface area contributed by atoms with Crippen LogP contribution < -0.4 is 14.8 Å². The SMILES string of the molecule is COC.COc1ccccc1OCc1ccc2nc(C)cc(C(=O)O)c2c1.O=CNCCc1ccc(O)cc1. The molecular weight excluding hydrogens is 500 g/mol. The standard InChI is InChI=1S/C19H17NO4.C9H11NO2.C2H6O/c1-12-9-15(19(21)22)14-10-13(7-8-16(14)20-12)11-24-18-6-4-3-5-17(18)23-2;11-7-10-6-5-8-1-3-9(12)4-2-8;1-3-2/h3-10H,11H2,1-2H3,(H,21,22);1-4,7,12H,5-6H2,(H,10,11);1-2H3. The third-order valence-corrected chi connectivity index (χ3v) is 5.27. The van der Waals surface area contributed by atoms with E-state index in [2.05, 4.69) is 15.0 Å². The first kappa shape index (κ1) is 30.6. The number of amides is 1. The van der Waals surface area contributed by atoms with Crippen molar-refractivity contribution < 1.29 is 34.0 Å². The van der Waals surface area contributed by atoms with Crippen LogP contribution in [0.15, 0.2) is 72.8 Å². The lowest BCUT2D eigenvalue weighted by atomic mass is 10.1. The van der Waals surface area contributed by atoms with Crippen LogP contribution in [-0.2, 0) is 22.6 Å². The summed E-state index contributed by atoms with van der Waals surface area (Å²) in [7, 11) is 4.84. The third-order valence-electron chi connectivity index (χ3n) is 5.27. The van der Waals surface area contributed by atoms with Crippen LogP contribution in [0.3, 0.4) is 0 Å². The number of para-hydroxylation sites is 2. The molecule has 9 heteroatoms. The molecule has 3 aromatic carbocycles. The van der Waals surface area contributed by atoms with Crippen LogP contribution in [-0.4, -0.2) is 55.5 Å². The number of carbonyl (C=O) groups is 2. The number of aryl methyl sites for hydroxylation is 1. The minimum absolute atomic E-state index is 0.247. The number of carbonyl (C=O) groups excluding carboxylic acids is 1. The maximum absolute atomic E-state index is 11.5. The average Bonchev–Trinajstić information content (AvgIpc) is 2.93. The first-order valence-corrected chi connectivity index (χ1v) is 12.1. The highest BCUT2D eigenvalue weighted by Gasteiger charge is 2.12. The molecule has 4 rings (SSSR count). The predicted molar refractivity (Wildman–Crippen MR) is 150 cm³/mol. The minimum Gasteiger partial charge on any atom is -0.508 e. The number of pyridine rings is 1. The van der Waals surface area contributed by atoms with Gasteiger partial charge in [0.05, 0.1) is 18.2 Å². The fourth-order valence-electron chi connectivity index (χ4n) is 3.51. The van der Waals surface area contributed by atoms with Gasteiger partial charge in [-0.15, -0.1) is 0 Å². The van der Waals surface area contributed by atoms with Gasteiger partial charge in [-0.2, -0.15) is 0 Å². The van der Waals surface area contributed by atoms with Gasteiger partial charge in [-0.1, -0.05) is 30.3 Å². The fraction of sp³-hybridized carbons (Fsp3) is 0.233. The molecular formula is C30H34N2O7. The zero-order valence-corrected chi connectivity index (χ0v) is 22.5. The second-order valence-corrected chi connectivity index (χ2v) is 8.30. The summed E-state index contributed by atoms with van der Waals surface area (Å²) in [5, 5.41) is 21.5. The normalized spacial score (nSPS) is 9.85. The van der Waals surface area contributed by atoms with Crippen molar-refractivity contribution in [2.24, 2.45) is 0 Å². The minimum atomic E-state index is -0.965. The molecule has 0 unspecified atom stereocenters. The van der Waals surface area contributed by atoms with Crippen LogP contribution in [0.1, 0.15) is 27.2 Å². The Labute approximate surface area is 228 Å². The molecule has 0 aliphatic heterocycles. The summed E-state index contributed by atoms with van der Waals surface area (Å²) < 4.78 is 15.3. The number of hydrogen-bond donors (Lipinski definition) is 3. The summed E-state index contributed by atoms with van der Waals surface area (Å²) in [6, 6.07) is 21.4. The van der Waals surface area contributed by atoms with Gasteiger partial charge >= 0.3 is 5.97 Å². The fourth-order valence-corrected chi connectivity index (χ4v) is 3.51. The maximum atomic E-state index is 11.5. The number of aromatic nitrogens is 1. The number of nitrogens with one attached hydrogen (secondary N) is 1. The highest BCUT2D eigenvalue weighted by atomic mass is 16.5. The second kappa shape index (κ2) is 16.3. The molecule has 1 amide bonds. The van der Waals surface area contributed by atoms with Crippen LogP contribution in [0, 0.1) is 6.92 Å². The smallest absolute Gasteiger partial charge is 0.336 e. The molecule has 0 radical (unpaired) electrons. The second-order valence-electron chi connectivity index (χ2n) is 8.30. The Hall–Kier alpha value is -4.63. The number of nitrogens with zero attached hydrogens (tertiary/aromatic N) is 1. The first-order chi connectivity index (χ1) is 18.8. The van der Waals surface area contributed by atoms with E-state index in [1.807, 2.05) is 48.5 Å². The molecule has 0 atom stereocenters. The van der Waals surface area contributed by atoms with Crippen molar-refractivity contribution in [1.29, 1.82) is 0 Å². The van der Waals surface area contributed by atoms with Crippen molar-refractivity contribution in [3.8, 4) is 17.2 Å². The Morgan fingerprint density at radius 1 is 0.949 bits per heavy atom. The summed E-state index contributed by atoms with van der Waals surface area (Å²) in [4.78, 5) is 25.7. The number of fused-ring (bicyclic) bond motifs is 1. The van der Waals surface area contributed by atoms with Crippen LogP contribution in [0.5, 0.6) is 17.2 Å². The number of phenolic OH excluding ortho intramolecular Hbond substituents is 1. The Balaban J connectivity index is 0.000000298. The van der Waals surface area contributed by atoms with E-state index in [4.69, 9.17) is 14.6 Å². The van der Waals surface area contributed by atoms with E-state index in [0.29, 0.717) is 47.7 Å². The number of methoxy groups -OCH3 is 2. The van der Waals surface area contributed by atoms with Gasteiger partial charge in [0.15, 0.2) is 11.5 Å². The highest BCUT2D eigenvalue weighted by molar-refractivity contribution is 6.02. The molecule has 9 nitrogen and oxygen atoms in total. The number of ether oxygens (including phenoxy) is 3. The number of benzene rings is 3. The summed E-state index contributed by atoms with van der Waals surface area (Å²) in [5.74, 6) is 0.595. The molecule has 0 spiro atoms. The molecule has 0 fully saturated rings. The molecule has 3 N–H and O–H groups in total. The Morgan fingerprint density at radius 3 is 2.21 bits per heavy atom. The van der Waals surface area contributed by atoms with Crippen molar-refractivity contribution >= 4 is 23.3 Å². The zero-order chi connectivity index (χ0) is 28.6. The highest BCUT2D eigenvalue weighted by Crippen LogP contribution is 2.27. The van der Waals surface area contributed by atoms with E-state index < -0.39 is 5.97 Å². The molecule has 1 heterocycles. The molecule has 0 saturated carbocycles. The number of hydrogen-bond acceptors (Lipinski definition) is 7. The monoisotopic (exact) mass is 534 g/mol. The van der Waals surface area contributed by atoms with Gasteiger partial charge in [-0.25, -0.2) is 4.79 Å². The molecule has 4 aromatic rings. The lowest BCUT2D eigenvalue weighted by Crippen LogP contribution is -2.14. The molecule has 39 heavy (non-hydrogen) atoms. The molecule has 0 saturated heterocycles. The Bertz CT molecular complexity index is 1340. The summed E-state index contributed by atoms with van der Waals surface area (Å²) in [6.07, 6.45) is 1.47. The van der Waals surface area contributed by atoms with Gasteiger partial charge in [0.25, 0.3) is 0 Å². The number of aromatic carboxylic acids is 1. The van der Waals surface area contributed by atoms with E-state index in [1.165, 1.54) is 0 Å². The lowest BCUT2D eigenvalue weighted by Gasteiger charge is -2.11. The van der Waals surface area contributed by atoms with Crippen molar-refractivity contribution in [2.45, 2.75) is 20.0 Å². The van der Waals surface area contributed by atoms with Gasteiger partial charge in [-0.3, -0.25) is 9.78 Å². The van der Waals surface area contributed by atoms with Gasteiger partial charge in [0.2, 0.25) is 6.41 Å². The van der Waals surface area contributed by atoms with E-state index >= 15 is 0 Å². The van der Waals surface area contributed by atoms with E-state index in [0.717, 1.165) is 17.5 Å². The van der Waals surface area contributed by atoms with Crippen molar-refractivity contribution in [3.63, 3.8) is 0 Å². The number of phenols is 1. The van der Waals surface area contributed by atoms with Crippen molar-refractivity contribution in [1.82, 2.24) is 10.3 Å². The van der Waals surface area contributed by atoms with Crippen LogP contribution in [0.25, 0.3) is 10.9 Å². The van der Waals surface area contributed by atoms with Crippen LogP contribution >= 0.6 is 0 Å². The van der Waals surface area contributed by atoms with Crippen molar-refractivity contribution in [2.75, 3.05) is 27.9 Å². The first-order valence-electron chi connectivity index (χ1n) is 12.1. The van der Waals surface area contributed by atoms with Gasteiger partial charge in [0, 0.05) is 31.8 Å². The molecule has 0 aliphatic rings. The predicted octanol–water partition coefficient (Wildman–Crippen LogP) is 4.77. The van der Waals surface area contributed by atoms with Gasteiger partial charge < -0.3 is 29.7 Å². The molecule has 0 aliphatic carbocycles. The van der Waals surface area contributed by atoms with E-state index in [9.17, 15) is 14.7 Å². The molecule has 206 valence electrons. The maximum Gasteiger partial charge on any atom is 0.336 e. The van der Waals surface area contributed by atoms with Crippen molar-refractivity contribution in [3.05, 3.63) is 95.2 Å². The van der Waals surface area contributed by atoms with Crippen LogP contribution in [0.2, 0.25) is 0 Å². The summed E-state index contributed by atoms with van der Waals surface area (Å²) in [5.41, 5.74) is 3.55. The Morgan fingerprint density at radius 2 is 1.59 bits per heavy atom.